The summed E-state index contributed by atoms with van der Waals surface area (Å²) in [6.45, 7) is 7.57. The van der Waals surface area contributed by atoms with Crippen molar-refractivity contribution in [2.45, 2.75) is 81.8 Å². The highest BCUT2D eigenvalue weighted by Crippen LogP contribution is 2.45. The summed E-state index contributed by atoms with van der Waals surface area (Å²) < 4.78 is 7.79. The minimum absolute atomic E-state index is 0.0360. The molecule has 1 saturated carbocycles. The van der Waals surface area contributed by atoms with Crippen molar-refractivity contribution in [1.29, 1.82) is 0 Å². The largest absolute Gasteiger partial charge is 0.381 e. The van der Waals surface area contributed by atoms with E-state index in [4.69, 9.17) is 10.6 Å². The topological polar surface area (TPSA) is 86.1 Å². The van der Waals surface area contributed by atoms with Crippen molar-refractivity contribution in [2.75, 3.05) is 26.3 Å². The monoisotopic (exact) mass is 556 g/mol. The van der Waals surface area contributed by atoms with Gasteiger partial charge in [0.25, 0.3) is 0 Å². The normalized spacial score (nSPS) is 34.3. The van der Waals surface area contributed by atoms with E-state index in [2.05, 4.69) is 73.6 Å². The minimum atomic E-state index is -0.235. The number of urea groups is 1. The summed E-state index contributed by atoms with van der Waals surface area (Å²) in [4.78, 5) is 15.6. The van der Waals surface area contributed by atoms with E-state index < -0.39 is 0 Å². The number of amides is 2. The first-order valence-electron chi connectivity index (χ1n) is 12.1. The Morgan fingerprint density at radius 3 is 2.69 bits per heavy atom. The fourth-order valence-electron chi connectivity index (χ4n) is 5.94. The Hall–Kier alpha value is -0.720. The number of hydrogen-bond acceptors (Lipinski definition) is 6. The van der Waals surface area contributed by atoms with Gasteiger partial charge in [0.05, 0.1) is 5.54 Å². The maximum absolute atomic E-state index is 13.5. The Balaban J connectivity index is 1.27. The van der Waals surface area contributed by atoms with Gasteiger partial charge in [-0.05, 0) is 57.9 Å². The molecule has 178 valence electrons. The summed E-state index contributed by atoms with van der Waals surface area (Å²) in [5.74, 6) is 6.94. The highest BCUT2D eigenvalue weighted by atomic mass is 127. The molecule has 2 amide bonds. The maximum atomic E-state index is 13.5. The van der Waals surface area contributed by atoms with E-state index in [0.717, 1.165) is 58.3 Å². The Kier molecular flexibility index (Phi) is 6.34. The van der Waals surface area contributed by atoms with E-state index in [9.17, 15) is 4.79 Å². The number of carbonyl (C=O) groups is 1. The van der Waals surface area contributed by atoms with Crippen LogP contribution in [0, 0.1) is 5.92 Å². The number of allylic oxidation sites excluding steroid dienone is 2. The molecule has 5 rings (SSSR count). The van der Waals surface area contributed by atoms with Crippen LogP contribution in [0.5, 0.6) is 0 Å². The molecule has 0 aromatic rings. The zero-order valence-corrected chi connectivity index (χ0v) is 21.4. The van der Waals surface area contributed by atoms with Gasteiger partial charge in [0.1, 0.15) is 6.29 Å². The van der Waals surface area contributed by atoms with Crippen LogP contribution in [0.3, 0.4) is 0 Å². The summed E-state index contributed by atoms with van der Waals surface area (Å²) in [6.07, 6.45) is 12.9. The SMILES string of the molecule is CC1(C)C2CN(I)C(N(N)C3CCOCC3)NC2CN1C(=O)NC1(C2=CCCC=C2)CC1. The quantitative estimate of drug-likeness (QED) is 0.214. The molecular weight excluding hydrogens is 519 g/mol. The molecule has 3 unspecified atom stereocenters. The van der Waals surface area contributed by atoms with Crippen molar-refractivity contribution < 1.29 is 9.53 Å². The molecule has 0 spiro atoms. The molecule has 3 atom stereocenters. The average Bonchev–Trinajstić information content (AvgIpc) is 3.53. The van der Waals surface area contributed by atoms with Crippen LogP contribution in [0.4, 0.5) is 4.79 Å². The van der Waals surface area contributed by atoms with Crippen LogP contribution in [-0.2, 0) is 4.74 Å². The van der Waals surface area contributed by atoms with Gasteiger partial charge in [-0.1, -0.05) is 18.2 Å². The minimum Gasteiger partial charge on any atom is -0.381 e. The second kappa shape index (κ2) is 8.81. The van der Waals surface area contributed by atoms with E-state index >= 15 is 0 Å². The number of halogens is 1. The fourth-order valence-corrected chi connectivity index (χ4v) is 6.81. The Labute approximate surface area is 205 Å². The smallest absolute Gasteiger partial charge is 0.318 e. The third-order valence-electron chi connectivity index (χ3n) is 8.25. The molecule has 4 fully saturated rings. The van der Waals surface area contributed by atoms with Crippen molar-refractivity contribution in [2.24, 2.45) is 11.8 Å². The number of hydrogen-bond donors (Lipinski definition) is 3. The molecule has 9 heteroatoms. The number of carbonyl (C=O) groups excluding carboxylic acids is 1. The molecule has 0 aromatic heterocycles. The predicted octanol–water partition coefficient (Wildman–Crippen LogP) is 2.48. The van der Waals surface area contributed by atoms with E-state index in [-0.39, 0.29) is 29.4 Å². The molecule has 0 radical (unpaired) electrons. The first-order chi connectivity index (χ1) is 15.3. The van der Waals surface area contributed by atoms with Crippen molar-refractivity contribution in [3.8, 4) is 0 Å². The van der Waals surface area contributed by atoms with Crippen molar-refractivity contribution in [3.05, 3.63) is 23.8 Å². The van der Waals surface area contributed by atoms with Crippen molar-refractivity contribution in [1.82, 2.24) is 23.7 Å². The van der Waals surface area contributed by atoms with Crippen molar-refractivity contribution >= 4 is 28.9 Å². The number of rotatable bonds is 4. The van der Waals surface area contributed by atoms with Gasteiger partial charge < -0.3 is 15.0 Å². The van der Waals surface area contributed by atoms with Crippen LogP contribution < -0.4 is 16.5 Å². The third kappa shape index (κ3) is 4.13. The maximum Gasteiger partial charge on any atom is 0.318 e. The molecule has 3 saturated heterocycles. The number of nitrogens with two attached hydrogens (primary N) is 1. The van der Waals surface area contributed by atoms with Gasteiger partial charge in [0.2, 0.25) is 0 Å². The standard InChI is InChI=1S/C23H37IN6O2/c1-22(2)18-14-29(24)20(30(25)17-8-12-32-13-9-17)26-19(18)15-28(22)21(31)27-23(10-11-23)16-6-4-3-5-7-16/h4,6-7,17-20,26H,3,5,8-15,25H2,1-2H3,(H,27,31). The Bertz CT molecular complexity index is 791. The zero-order valence-electron chi connectivity index (χ0n) is 19.2. The highest BCUT2D eigenvalue weighted by molar-refractivity contribution is 14.1. The molecule has 2 aliphatic carbocycles. The van der Waals surface area contributed by atoms with Gasteiger partial charge in [-0.2, -0.15) is 0 Å². The van der Waals surface area contributed by atoms with Crippen LogP contribution in [0.25, 0.3) is 0 Å². The Morgan fingerprint density at radius 1 is 1.28 bits per heavy atom. The van der Waals surface area contributed by atoms with Gasteiger partial charge >= 0.3 is 6.03 Å². The van der Waals surface area contributed by atoms with Crippen LogP contribution >= 0.6 is 22.9 Å². The molecule has 3 aliphatic heterocycles. The van der Waals surface area contributed by atoms with Crippen LogP contribution in [-0.4, -0.2) is 74.8 Å². The highest BCUT2D eigenvalue weighted by Gasteiger charge is 2.56. The molecule has 8 nitrogen and oxygen atoms in total. The second-order valence-electron chi connectivity index (χ2n) is 10.5. The first-order valence-corrected chi connectivity index (χ1v) is 13.0. The molecular formula is C23H37IN6O2. The van der Waals surface area contributed by atoms with Crippen LogP contribution in [0.2, 0.25) is 0 Å². The molecule has 3 heterocycles. The fraction of sp³-hybridized carbons (Fsp3) is 0.783. The zero-order chi connectivity index (χ0) is 22.5. The van der Waals surface area contributed by atoms with Gasteiger partial charge in [0, 0.05) is 72.7 Å². The van der Waals surface area contributed by atoms with Crippen LogP contribution in [0.1, 0.15) is 52.4 Å². The summed E-state index contributed by atoms with van der Waals surface area (Å²) in [7, 11) is 0. The Morgan fingerprint density at radius 2 is 2.03 bits per heavy atom. The van der Waals surface area contributed by atoms with E-state index in [1.54, 1.807) is 0 Å². The lowest BCUT2D eigenvalue weighted by atomic mass is 9.84. The number of ether oxygens (including phenoxy) is 1. The van der Waals surface area contributed by atoms with Gasteiger partial charge in [-0.3, -0.25) is 11.2 Å². The number of likely N-dealkylation sites (tertiary alicyclic amines) is 1. The van der Waals surface area contributed by atoms with Crippen LogP contribution in [0.15, 0.2) is 23.8 Å². The average molecular weight is 556 g/mol. The number of nitrogens with zero attached hydrogens (tertiary/aromatic N) is 3. The van der Waals surface area contributed by atoms with Gasteiger partial charge in [-0.25, -0.2) is 12.9 Å². The lowest BCUT2D eigenvalue weighted by molar-refractivity contribution is -0.0391. The summed E-state index contributed by atoms with van der Waals surface area (Å²) in [5, 5.41) is 9.17. The third-order valence-corrected chi connectivity index (χ3v) is 9.17. The van der Waals surface area contributed by atoms with Gasteiger partial charge in [-0.15, -0.1) is 0 Å². The molecule has 4 N–H and O–H groups in total. The summed E-state index contributed by atoms with van der Waals surface area (Å²) in [6, 6.07) is 0.603. The number of fused-ring (bicyclic) bond motifs is 1. The lowest BCUT2D eigenvalue weighted by Gasteiger charge is -2.47. The first kappa shape index (κ1) is 23.0. The second-order valence-corrected chi connectivity index (χ2v) is 11.8. The van der Waals surface area contributed by atoms with E-state index in [1.807, 2.05) is 5.01 Å². The molecule has 32 heavy (non-hydrogen) atoms. The molecule has 0 aromatic carbocycles. The lowest BCUT2D eigenvalue weighted by Crippen LogP contribution is -2.68. The van der Waals surface area contributed by atoms with E-state index in [1.165, 1.54) is 5.57 Å². The van der Waals surface area contributed by atoms with Gasteiger partial charge in [0.15, 0.2) is 0 Å². The molecule has 0 bridgehead atoms. The molecule has 5 aliphatic rings. The predicted molar refractivity (Wildman–Crippen MR) is 133 cm³/mol. The van der Waals surface area contributed by atoms with Crippen molar-refractivity contribution in [3.63, 3.8) is 0 Å². The van der Waals surface area contributed by atoms with E-state index in [0.29, 0.717) is 18.5 Å². The summed E-state index contributed by atoms with van der Waals surface area (Å²) in [5.41, 5.74) is 0.903. The summed E-state index contributed by atoms with van der Waals surface area (Å²) >= 11 is 2.39. The number of hydrazine groups is 1. The number of nitrogens with one attached hydrogen (secondary N) is 2.